The molecule has 4 rings (SSSR count). The molecular formula is C22H30N8. The van der Waals surface area contributed by atoms with Crippen molar-refractivity contribution in [3.05, 3.63) is 42.7 Å². The van der Waals surface area contributed by atoms with E-state index in [1.807, 2.05) is 33.9 Å². The number of allylic oxidation sites excluding steroid dienone is 1. The van der Waals surface area contributed by atoms with Gasteiger partial charge in [0.25, 0.3) is 0 Å². The fraction of sp³-hybridized carbons (Fsp3) is 0.455. The van der Waals surface area contributed by atoms with E-state index in [2.05, 4.69) is 40.6 Å². The molecule has 8 nitrogen and oxygen atoms in total. The molecule has 0 bridgehead atoms. The highest BCUT2D eigenvalue weighted by Crippen LogP contribution is 2.26. The monoisotopic (exact) mass is 406 g/mol. The lowest BCUT2D eigenvalue weighted by Crippen LogP contribution is -2.24. The van der Waals surface area contributed by atoms with Crippen molar-refractivity contribution in [2.75, 3.05) is 13.1 Å². The maximum atomic E-state index is 5.93. The molecule has 1 atom stereocenters. The van der Waals surface area contributed by atoms with Gasteiger partial charge in [-0.1, -0.05) is 13.8 Å². The van der Waals surface area contributed by atoms with Gasteiger partial charge in [0.15, 0.2) is 0 Å². The zero-order chi connectivity index (χ0) is 20.9. The Hall–Kier alpha value is -3.00. The van der Waals surface area contributed by atoms with Gasteiger partial charge in [0.2, 0.25) is 0 Å². The van der Waals surface area contributed by atoms with E-state index in [0.717, 1.165) is 54.0 Å². The number of fused-ring (bicyclic) bond motifs is 1. The number of aromatic nitrogens is 5. The molecule has 1 fully saturated rings. The molecule has 1 unspecified atom stereocenters. The second kappa shape index (κ2) is 9.21. The number of hydrogen-bond donors (Lipinski definition) is 2. The molecular weight excluding hydrogens is 376 g/mol. The molecule has 1 aliphatic rings. The van der Waals surface area contributed by atoms with E-state index in [4.69, 9.17) is 10.7 Å². The Morgan fingerprint density at radius 2 is 2.20 bits per heavy atom. The van der Waals surface area contributed by atoms with Gasteiger partial charge in [-0.05, 0) is 38.3 Å². The van der Waals surface area contributed by atoms with Gasteiger partial charge in [0.1, 0.15) is 0 Å². The summed E-state index contributed by atoms with van der Waals surface area (Å²) in [6.45, 7) is 6.19. The Balaban J connectivity index is 1.66. The SMILES string of the molecule is CCC(CC)n1cc(-c2nc(C(C=NCC3CCCN3)=CN)cn3nccc23)cn1. The minimum Gasteiger partial charge on any atom is -0.404 e. The molecule has 0 aliphatic carbocycles. The molecule has 1 saturated heterocycles. The summed E-state index contributed by atoms with van der Waals surface area (Å²) in [6, 6.07) is 2.80. The van der Waals surface area contributed by atoms with Crippen molar-refractivity contribution in [2.24, 2.45) is 10.7 Å². The second-order valence-electron chi connectivity index (χ2n) is 7.72. The molecule has 0 radical (unpaired) electrons. The van der Waals surface area contributed by atoms with E-state index in [1.165, 1.54) is 12.8 Å². The molecule has 158 valence electrons. The summed E-state index contributed by atoms with van der Waals surface area (Å²) in [5.41, 5.74) is 10.2. The van der Waals surface area contributed by atoms with Crippen molar-refractivity contribution in [1.82, 2.24) is 29.7 Å². The van der Waals surface area contributed by atoms with Crippen LogP contribution in [0.15, 0.2) is 42.0 Å². The van der Waals surface area contributed by atoms with Gasteiger partial charge < -0.3 is 11.1 Å². The first-order valence-electron chi connectivity index (χ1n) is 10.8. The lowest BCUT2D eigenvalue weighted by molar-refractivity contribution is 0.428. The van der Waals surface area contributed by atoms with E-state index >= 15 is 0 Å². The maximum absolute atomic E-state index is 5.93. The normalized spacial score (nSPS) is 17.7. The van der Waals surface area contributed by atoms with Crippen LogP contribution in [0.1, 0.15) is 51.3 Å². The first-order valence-corrected chi connectivity index (χ1v) is 10.8. The van der Waals surface area contributed by atoms with Gasteiger partial charge in [-0.15, -0.1) is 0 Å². The topological polar surface area (TPSA) is 98.4 Å². The predicted octanol–water partition coefficient (Wildman–Crippen LogP) is 3.08. The Morgan fingerprint density at radius 3 is 2.93 bits per heavy atom. The quantitative estimate of drug-likeness (QED) is 0.560. The summed E-state index contributed by atoms with van der Waals surface area (Å²) in [7, 11) is 0. The van der Waals surface area contributed by atoms with Gasteiger partial charge in [-0.2, -0.15) is 10.2 Å². The van der Waals surface area contributed by atoms with Crippen LogP contribution in [0.3, 0.4) is 0 Å². The molecule has 3 aromatic rings. The highest BCUT2D eigenvalue weighted by atomic mass is 15.3. The minimum absolute atomic E-state index is 0.388. The number of nitrogens with one attached hydrogen (secondary N) is 1. The molecule has 0 aromatic carbocycles. The Morgan fingerprint density at radius 1 is 1.33 bits per heavy atom. The third-order valence-corrected chi connectivity index (χ3v) is 5.78. The minimum atomic E-state index is 0.388. The molecule has 1 aliphatic heterocycles. The molecule has 0 saturated carbocycles. The first-order chi connectivity index (χ1) is 14.7. The standard InChI is InChI=1S/C22H30N8/c1-3-19(4-2)29-14-17(12-27-29)22-21-7-9-26-30(21)15-20(28-22)16(10-23)11-24-13-18-6-5-8-25-18/h7,9-12,14-15,18-19,25H,3-6,8,13,23H2,1-2H3. The van der Waals surface area contributed by atoms with E-state index in [1.54, 1.807) is 12.4 Å². The Kier molecular flexibility index (Phi) is 6.23. The highest BCUT2D eigenvalue weighted by Gasteiger charge is 2.16. The third-order valence-electron chi connectivity index (χ3n) is 5.78. The van der Waals surface area contributed by atoms with Crippen molar-refractivity contribution in [3.8, 4) is 11.3 Å². The fourth-order valence-electron chi connectivity index (χ4n) is 3.99. The lowest BCUT2D eigenvalue weighted by atomic mass is 10.1. The number of rotatable bonds is 8. The van der Waals surface area contributed by atoms with Crippen molar-refractivity contribution < 1.29 is 0 Å². The second-order valence-corrected chi connectivity index (χ2v) is 7.72. The van der Waals surface area contributed by atoms with Gasteiger partial charge in [-0.25, -0.2) is 9.50 Å². The van der Waals surface area contributed by atoms with Crippen LogP contribution in [0.5, 0.6) is 0 Å². The predicted molar refractivity (Wildman–Crippen MR) is 120 cm³/mol. The molecule has 0 spiro atoms. The Bertz CT molecular complexity index is 1030. The molecule has 8 heteroatoms. The number of aliphatic imine (C=N–C) groups is 1. The van der Waals surface area contributed by atoms with Crippen LogP contribution in [-0.4, -0.2) is 49.7 Å². The summed E-state index contributed by atoms with van der Waals surface area (Å²) in [5, 5.41) is 12.5. The summed E-state index contributed by atoms with van der Waals surface area (Å²) in [4.78, 5) is 9.52. The van der Waals surface area contributed by atoms with Crippen LogP contribution in [-0.2, 0) is 0 Å². The average Bonchev–Trinajstić information content (AvgIpc) is 3.53. The molecule has 30 heavy (non-hydrogen) atoms. The largest absolute Gasteiger partial charge is 0.404 e. The zero-order valence-electron chi connectivity index (χ0n) is 17.7. The van der Waals surface area contributed by atoms with Gasteiger partial charge in [0, 0.05) is 35.8 Å². The maximum Gasteiger partial charge on any atom is 0.0999 e. The third kappa shape index (κ3) is 4.14. The van der Waals surface area contributed by atoms with Gasteiger partial charge in [0.05, 0.1) is 48.1 Å². The highest BCUT2D eigenvalue weighted by molar-refractivity contribution is 6.09. The first kappa shape index (κ1) is 20.3. The van der Waals surface area contributed by atoms with Crippen LogP contribution in [0.4, 0.5) is 0 Å². The number of nitrogens with two attached hydrogens (primary N) is 1. The van der Waals surface area contributed by atoms with E-state index in [9.17, 15) is 0 Å². The smallest absolute Gasteiger partial charge is 0.0999 e. The summed E-state index contributed by atoms with van der Waals surface area (Å²) < 4.78 is 3.87. The number of hydrogen-bond acceptors (Lipinski definition) is 6. The molecule has 4 heterocycles. The fourth-order valence-corrected chi connectivity index (χ4v) is 3.99. The van der Waals surface area contributed by atoms with Crippen LogP contribution in [0.25, 0.3) is 22.3 Å². The number of nitrogens with zero attached hydrogens (tertiary/aromatic N) is 6. The van der Waals surface area contributed by atoms with Crippen LogP contribution >= 0.6 is 0 Å². The van der Waals surface area contributed by atoms with Crippen molar-refractivity contribution >= 4 is 17.3 Å². The van der Waals surface area contributed by atoms with E-state index in [0.29, 0.717) is 12.1 Å². The molecule has 3 aromatic heterocycles. The van der Waals surface area contributed by atoms with Gasteiger partial charge >= 0.3 is 0 Å². The average molecular weight is 407 g/mol. The van der Waals surface area contributed by atoms with E-state index in [-0.39, 0.29) is 0 Å². The van der Waals surface area contributed by atoms with Crippen molar-refractivity contribution in [3.63, 3.8) is 0 Å². The van der Waals surface area contributed by atoms with Crippen LogP contribution in [0.2, 0.25) is 0 Å². The summed E-state index contributed by atoms with van der Waals surface area (Å²) >= 11 is 0. The molecule has 3 N–H and O–H groups in total. The van der Waals surface area contributed by atoms with Crippen molar-refractivity contribution in [1.29, 1.82) is 0 Å². The van der Waals surface area contributed by atoms with Gasteiger partial charge in [-0.3, -0.25) is 9.67 Å². The van der Waals surface area contributed by atoms with Crippen LogP contribution < -0.4 is 11.1 Å². The summed E-state index contributed by atoms with van der Waals surface area (Å²) in [6.07, 6.45) is 15.5. The van der Waals surface area contributed by atoms with E-state index < -0.39 is 0 Å². The zero-order valence-corrected chi connectivity index (χ0v) is 17.7. The van der Waals surface area contributed by atoms with Crippen molar-refractivity contribution in [2.45, 2.75) is 51.6 Å². The van der Waals surface area contributed by atoms with Crippen LogP contribution in [0, 0.1) is 0 Å². The summed E-state index contributed by atoms with van der Waals surface area (Å²) in [5.74, 6) is 0. The Labute approximate surface area is 176 Å². The lowest BCUT2D eigenvalue weighted by Gasteiger charge is -2.12. The molecule has 0 amide bonds.